The zero-order valence-corrected chi connectivity index (χ0v) is 11.8. The molecule has 1 atom stereocenters. The Bertz CT molecular complexity index is 409. The summed E-state index contributed by atoms with van der Waals surface area (Å²) in [5.74, 6) is -0.924. The van der Waals surface area contributed by atoms with Crippen LogP contribution in [-0.4, -0.2) is 17.9 Å². The van der Waals surface area contributed by atoms with E-state index >= 15 is 0 Å². The predicted octanol–water partition coefficient (Wildman–Crippen LogP) is 0.551. The average molecular weight is 292 g/mol. The molecule has 0 aliphatic rings. The van der Waals surface area contributed by atoms with E-state index in [-0.39, 0.29) is 24.7 Å². The molecule has 0 spiro atoms. The van der Waals surface area contributed by atoms with Crippen molar-refractivity contribution in [3.05, 3.63) is 21.9 Å². The van der Waals surface area contributed by atoms with Crippen molar-refractivity contribution in [3.63, 3.8) is 0 Å². The van der Waals surface area contributed by atoms with Crippen LogP contribution < -0.4 is 16.8 Å². The van der Waals surface area contributed by atoms with E-state index in [0.717, 1.165) is 11.3 Å². The van der Waals surface area contributed by atoms with Gasteiger partial charge < -0.3 is 16.8 Å². The van der Waals surface area contributed by atoms with E-state index in [2.05, 4.69) is 12.2 Å². The Morgan fingerprint density at radius 2 is 2.00 bits per heavy atom. The normalized spacial score (nSPS) is 11.4. The van der Waals surface area contributed by atoms with Crippen LogP contribution in [0.25, 0.3) is 0 Å². The number of nitrogens with one attached hydrogen (secondary N) is 1. The van der Waals surface area contributed by atoms with Gasteiger partial charge in [0.25, 0.3) is 0 Å². The zero-order valence-electron chi connectivity index (χ0n) is 10.1. The first-order valence-electron chi connectivity index (χ1n) is 5.42. The minimum Gasteiger partial charge on any atom is -0.370 e. The third-order valence-corrected chi connectivity index (χ3v) is 3.49. The average Bonchev–Trinajstić information content (AvgIpc) is 2.72. The first kappa shape index (κ1) is 16.9. The minimum absolute atomic E-state index is 0. The van der Waals surface area contributed by atoms with Crippen LogP contribution in [0.4, 0.5) is 0 Å². The molecule has 0 bridgehead atoms. The second-order valence-corrected chi connectivity index (χ2v) is 4.97. The molecule has 7 heteroatoms. The Kier molecular flexibility index (Phi) is 7.58. The number of carbonyl (C=O) groups is 2. The molecule has 0 fully saturated rings. The molecular formula is C11H18ClN3O2S. The van der Waals surface area contributed by atoms with E-state index in [0.29, 0.717) is 6.54 Å². The van der Waals surface area contributed by atoms with Gasteiger partial charge in [0.15, 0.2) is 0 Å². The van der Waals surface area contributed by atoms with Crippen molar-refractivity contribution in [2.45, 2.75) is 32.4 Å². The molecule has 0 aliphatic carbocycles. The molecule has 0 aromatic carbocycles. The predicted molar refractivity (Wildman–Crippen MR) is 74.6 cm³/mol. The molecule has 0 radical (unpaired) electrons. The number of halogens is 1. The van der Waals surface area contributed by atoms with Crippen molar-refractivity contribution in [3.8, 4) is 0 Å². The van der Waals surface area contributed by atoms with Gasteiger partial charge in [-0.3, -0.25) is 9.59 Å². The highest BCUT2D eigenvalue weighted by atomic mass is 35.5. The fourth-order valence-electron chi connectivity index (χ4n) is 1.32. The number of nitrogens with two attached hydrogens (primary N) is 2. The first-order valence-corrected chi connectivity index (χ1v) is 6.23. The van der Waals surface area contributed by atoms with Crippen LogP contribution in [0.5, 0.6) is 0 Å². The quantitative estimate of drug-likeness (QED) is 0.714. The first-order chi connectivity index (χ1) is 8.02. The number of rotatable bonds is 6. The van der Waals surface area contributed by atoms with Gasteiger partial charge in [-0.2, -0.15) is 0 Å². The molecule has 0 aliphatic heterocycles. The van der Waals surface area contributed by atoms with Gasteiger partial charge in [-0.25, -0.2) is 0 Å². The highest BCUT2D eigenvalue weighted by molar-refractivity contribution is 7.11. The van der Waals surface area contributed by atoms with Crippen molar-refractivity contribution < 1.29 is 9.59 Å². The highest BCUT2D eigenvalue weighted by Crippen LogP contribution is 2.16. The smallest absolute Gasteiger partial charge is 0.237 e. The summed E-state index contributed by atoms with van der Waals surface area (Å²) < 4.78 is 0. The number of thiophene rings is 1. The lowest BCUT2D eigenvalue weighted by molar-refractivity contribution is -0.126. The Labute approximate surface area is 116 Å². The Morgan fingerprint density at radius 3 is 2.50 bits per heavy atom. The molecule has 1 heterocycles. The number of hydrogen-bond donors (Lipinski definition) is 3. The molecular weight excluding hydrogens is 274 g/mol. The fraction of sp³-hybridized carbons (Fsp3) is 0.455. The molecule has 0 saturated heterocycles. The van der Waals surface area contributed by atoms with Gasteiger partial charge in [0.1, 0.15) is 0 Å². The molecule has 1 aromatic heterocycles. The molecule has 1 rings (SSSR count). The Morgan fingerprint density at radius 1 is 1.39 bits per heavy atom. The molecule has 2 amide bonds. The van der Waals surface area contributed by atoms with Crippen LogP contribution in [0.3, 0.4) is 0 Å². The monoisotopic (exact) mass is 291 g/mol. The van der Waals surface area contributed by atoms with Gasteiger partial charge in [0, 0.05) is 9.75 Å². The maximum atomic E-state index is 11.5. The second kappa shape index (κ2) is 8.07. The van der Waals surface area contributed by atoms with Crippen LogP contribution >= 0.6 is 23.7 Å². The van der Waals surface area contributed by atoms with Crippen molar-refractivity contribution in [1.29, 1.82) is 0 Å². The summed E-state index contributed by atoms with van der Waals surface area (Å²) >= 11 is 1.65. The third kappa shape index (κ3) is 5.48. The molecule has 1 unspecified atom stereocenters. The van der Waals surface area contributed by atoms with E-state index < -0.39 is 11.9 Å². The Balaban J connectivity index is 0.00000289. The number of aryl methyl sites for hydroxylation is 1. The molecule has 102 valence electrons. The minimum atomic E-state index is -0.863. The summed E-state index contributed by atoms with van der Waals surface area (Å²) in [5.41, 5.74) is 10.5. The number of amides is 2. The maximum absolute atomic E-state index is 11.5. The molecule has 5 N–H and O–H groups in total. The van der Waals surface area contributed by atoms with Crippen LogP contribution in [0.1, 0.15) is 23.1 Å². The zero-order chi connectivity index (χ0) is 12.8. The standard InChI is InChI=1S/C11H17N3O2S.ClH/c1-2-7-3-4-8(17-7)6-14-11(16)9(12)5-10(13)15;/h3-4,9H,2,5-6,12H2,1H3,(H2,13,15)(H,14,16);1H. The van der Waals surface area contributed by atoms with E-state index in [9.17, 15) is 9.59 Å². The van der Waals surface area contributed by atoms with Gasteiger partial charge in [-0.1, -0.05) is 6.92 Å². The summed E-state index contributed by atoms with van der Waals surface area (Å²) in [6.45, 7) is 2.52. The van der Waals surface area contributed by atoms with Crippen LogP contribution in [-0.2, 0) is 22.6 Å². The fourth-order valence-corrected chi connectivity index (χ4v) is 2.22. The van der Waals surface area contributed by atoms with E-state index in [4.69, 9.17) is 11.5 Å². The molecule has 5 nitrogen and oxygen atoms in total. The number of primary amides is 1. The van der Waals surface area contributed by atoms with E-state index in [1.807, 2.05) is 12.1 Å². The van der Waals surface area contributed by atoms with Crippen LogP contribution in [0, 0.1) is 0 Å². The number of hydrogen-bond acceptors (Lipinski definition) is 4. The van der Waals surface area contributed by atoms with Crippen molar-refractivity contribution in [1.82, 2.24) is 5.32 Å². The summed E-state index contributed by atoms with van der Waals surface area (Å²) in [7, 11) is 0. The Hall–Kier alpha value is -1.11. The van der Waals surface area contributed by atoms with Crippen molar-refractivity contribution in [2.75, 3.05) is 0 Å². The third-order valence-electron chi connectivity index (χ3n) is 2.26. The molecule has 18 heavy (non-hydrogen) atoms. The second-order valence-electron chi connectivity index (χ2n) is 3.72. The summed E-state index contributed by atoms with van der Waals surface area (Å²) in [6, 6.07) is 3.15. The largest absolute Gasteiger partial charge is 0.370 e. The number of carbonyl (C=O) groups excluding carboxylic acids is 2. The summed E-state index contributed by atoms with van der Waals surface area (Å²) in [4.78, 5) is 24.4. The molecule has 1 aromatic rings. The van der Waals surface area contributed by atoms with Gasteiger partial charge in [-0.15, -0.1) is 23.7 Å². The lowest BCUT2D eigenvalue weighted by Crippen LogP contribution is -2.42. The van der Waals surface area contributed by atoms with Gasteiger partial charge in [0.2, 0.25) is 11.8 Å². The van der Waals surface area contributed by atoms with Crippen LogP contribution in [0.15, 0.2) is 12.1 Å². The lowest BCUT2D eigenvalue weighted by Gasteiger charge is -2.09. The highest BCUT2D eigenvalue weighted by Gasteiger charge is 2.15. The van der Waals surface area contributed by atoms with E-state index in [1.165, 1.54) is 4.88 Å². The van der Waals surface area contributed by atoms with E-state index in [1.54, 1.807) is 11.3 Å². The maximum Gasteiger partial charge on any atom is 0.237 e. The van der Waals surface area contributed by atoms with Crippen molar-refractivity contribution >= 4 is 35.6 Å². The summed E-state index contributed by atoms with van der Waals surface area (Å²) in [5, 5.41) is 2.68. The van der Waals surface area contributed by atoms with Crippen molar-refractivity contribution in [2.24, 2.45) is 11.5 Å². The van der Waals surface area contributed by atoms with Gasteiger partial charge >= 0.3 is 0 Å². The van der Waals surface area contributed by atoms with Gasteiger partial charge in [0.05, 0.1) is 19.0 Å². The van der Waals surface area contributed by atoms with Gasteiger partial charge in [-0.05, 0) is 18.6 Å². The summed E-state index contributed by atoms with van der Waals surface area (Å²) in [6.07, 6.45) is 0.857. The topological polar surface area (TPSA) is 98.2 Å². The SMILES string of the molecule is CCc1ccc(CNC(=O)C(N)CC(N)=O)s1.Cl. The molecule has 0 saturated carbocycles. The lowest BCUT2D eigenvalue weighted by atomic mass is 10.2. The van der Waals surface area contributed by atoms with Crippen LogP contribution in [0.2, 0.25) is 0 Å².